The van der Waals surface area contributed by atoms with Crippen molar-refractivity contribution >= 4 is 34.1 Å². The maximum absolute atomic E-state index is 11.0. The number of benzene rings is 1. The monoisotopic (exact) mass is 258 g/mol. The molecule has 5 heteroatoms. The van der Waals surface area contributed by atoms with E-state index in [1.165, 1.54) is 0 Å². The zero-order valence-corrected chi connectivity index (χ0v) is 10.6. The van der Waals surface area contributed by atoms with Gasteiger partial charge >= 0.3 is 0 Å². The van der Waals surface area contributed by atoms with Crippen LogP contribution in [-0.4, -0.2) is 11.8 Å². The van der Waals surface area contributed by atoms with Gasteiger partial charge in [0, 0.05) is 5.02 Å². The highest BCUT2D eigenvalue weighted by Crippen LogP contribution is 2.21. The van der Waals surface area contributed by atoms with E-state index >= 15 is 0 Å². The number of carbonyl (C=O) groups is 1. The number of hydrogen-bond donors (Lipinski definition) is 0. The second-order valence-corrected chi connectivity index (χ2v) is 4.81. The van der Waals surface area contributed by atoms with Gasteiger partial charge in [-0.05, 0) is 49.7 Å². The Labute approximate surface area is 104 Å². The summed E-state index contributed by atoms with van der Waals surface area (Å²) in [7, 11) is 0. The Hall–Kier alpha value is -0.930. The molecule has 0 heterocycles. The van der Waals surface area contributed by atoms with Crippen molar-refractivity contribution in [3.63, 3.8) is 0 Å². The molecule has 3 nitrogen and oxygen atoms in total. The predicted octanol–water partition coefficient (Wildman–Crippen LogP) is 4.22. The van der Waals surface area contributed by atoms with Gasteiger partial charge in [0.2, 0.25) is 5.24 Å². The van der Waals surface area contributed by atoms with Crippen molar-refractivity contribution in [1.29, 1.82) is 0 Å². The summed E-state index contributed by atoms with van der Waals surface area (Å²) < 4.78 is 0. The van der Waals surface area contributed by atoms with E-state index in [0.29, 0.717) is 10.7 Å². The summed E-state index contributed by atoms with van der Waals surface area (Å²) in [4.78, 5) is 11.0. The van der Waals surface area contributed by atoms with E-state index in [1.807, 2.05) is 0 Å². The molecular formula is C11H12Cl2N2O. The summed E-state index contributed by atoms with van der Waals surface area (Å²) >= 11 is 11.1. The van der Waals surface area contributed by atoms with Gasteiger partial charge in [0.15, 0.2) is 0 Å². The Balaban J connectivity index is 2.62. The standard InChI is InChI=1S/C11H12Cl2N2O/c1-11(2,10(13)16)7-14-15-9-5-3-8(12)4-6-9/h3-6H,7H2,1-2H3. The van der Waals surface area contributed by atoms with Gasteiger partial charge in [0.1, 0.15) is 0 Å². The van der Waals surface area contributed by atoms with Crippen molar-refractivity contribution in [2.24, 2.45) is 15.6 Å². The molecule has 16 heavy (non-hydrogen) atoms. The molecule has 1 aromatic rings. The van der Waals surface area contributed by atoms with Crippen LogP contribution in [0.1, 0.15) is 13.8 Å². The summed E-state index contributed by atoms with van der Waals surface area (Å²) in [6.07, 6.45) is 0. The van der Waals surface area contributed by atoms with Crippen LogP contribution >= 0.6 is 23.2 Å². The smallest absolute Gasteiger partial charge is 0.229 e. The molecule has 0 aliphatic carbocycles. The first-order valence-corrected chi connectivity index (χ1v) is 5.50. The van der Waals surface area contributed by atoms with E-state index in [9.17, 15) is 4.79 Å². The molecule has 0 amide bonds. The maximum Gasteiger partial charge on any atom is 0.229 e. The minimum atomic E-state index is -0.683. The van der Waals surface area contributed by atoms with Crippen molar-refractivity contribution in [3.05, 3.63) is 29.3 Å². The zero-order chi connectivity index (χ0) is 12.2. The van der Waals surface area contributed by atoms with Crippen LogP contribution in [0.5, 0.6) is 0 Å². The molecule has 0 aliphatic rings. The lowest BCUT2D eigenvalue weighted by Gasteiger charge is -2.14. The second kappa shape index (κ2) is 5.41. The first kappa shape index (κ1) is 13.1. The van der Waals surface area contributed by atoms with Crippen LogP contribution in [0, 0.1) is 5.41 Å². The maximum atomic E-state index is 11.0. The molecule has 0 saturated heterocycles. The average Bonchev–Trinajstić information content (AvgIpc) is 2.20. The fraction of sp³-hybridized carbons (Fsp3) is 0.364. The lowest BCUT2D eigenvalue weighted by Crippen LogP contribution is -2.22. The van der Waals surface area contributed by atoms with Crippen LogP contribution in [0.4, 0.5) is 5.69 Å². The van der Waals surface area contributed by atoms with Gasteiger partial charge in [-0.3, -0.25) is 4.79 Å². The Kier molecular flexibility index (Phi) is 4.44. The van der Waals surface area contributed by atoms with Crippen molar-refractivity contribution in [2.45, 2.75) is 13.8 Å². The second-order valence-electron chi connectivity index (χ2n) is 4.03. The molecule has 1 aromatic carbocycles. The zero-order valence-electron chi connectivity index (χ0n) is 9.08. The Morgan fingerprint density at radius 3 is 2.38 bits per heavy atom. The van der Waals surface area contributed by atoms with Crippen LogP contribution in [0.3, 0.4) is 0 Å². The lowest BCUT2D eigenvalue weighted by molar-refractivity contribution is -0.118. The SMILES string of the molecule is CC(C)(CN=Nc1ccc(Cl)cc1)C(=O)Cl. The van der Waals surface area contributed by atoms with Crippen molar-refractivity contribution < 1.29 is 4.79 Å². The van der Waals surface area contributed by atoms with Crippen LogP contribution in [0.2, 0.25) is 5.02 Å². The van der Waals surface area contributed by atoms with Gasteiger partial charge in [-0.15, -0.1) is 0 Å². The van der Waals surface area contributed by atoms with E-state index in [2.05, 4.69) is 10.2 Å². The van der Waals surface area contributed by atoms with E-state index in [1.54, 1.807) is 38.1 Å². The van der Waals surface area contributed by atoms with Crippen molar-refractivity contribution in [2.75, 3.05) is 6.54 Å². The minimum absolute atomic E-state index is 0.262. The normalized spacial score (nSPS) is 12.0. The molecule has 0 unspecified atom stereocenters. The molecule has 0 N–H and O–H groups in total. The molecule has 0 fully saturated rings. The molecule has 86 valence electrons. The lowest BCUT2D eigenvalue weighted by atomic mass is 9.96. The minimum Gasteiger partial charge on any atom is -0.281 e. The fourth-order valence-corrected chi connectivity index (χ4v) is 1.05. The predicted molar refractivity (Wildman–Crippen MR) is 65.5 cm³/mol. The summed E-state index contributed by atoms with van der Waals surface area (Å²) in [6, 6.07) is 6.96. The van der Waals surface area contributed by atoms with Gasteiger partial charge < -0.3 is 0 Å². The number of nitrogens with zero attached hydrogens (tertiary/aromatic N) is 2. The highest BCUT2D eigenvalue weighted by Gasteiger charge is 2.25. The van der Waals surface area contributed by atoms with Crippen LogP contribution in [-0.2, 0) is 4.79 Å². The number of carbonyl (C=O) groups excluding carboxylic acids is 1. The Morgan fingerprint density at radius 2 is 1.88 bits per heavy atom. The van der Waals surface area contributed by atoms with Crippen LogP contribution < -0.4 is 0 Å². The Bertz CT molecular complexity index is 399. The van der Waals surface area contributed by atoms with Gasteiger partial charge in [0.05, 0.1) is 17.6 Å². The van der Waals surface area contributed by atoms with E-state index in [-0.39, 0.29) is 6.54 Å². The number of halogens is 2. The third kappa shape index (κ3) is 3.91. The third-order valence-corrected chi connectivity index (χ3v) is 2.77. The molecule has 1 rings (SSSR count). The van der Waals surface area contributed by atoms with E-state index in [4.69, 9.17) is 23.2 Å². The molecule has 0 saturated carbocycles. The van der Waals surface area contributed by atoms with Crippen LogP contribution in [0.15, 0.2) is 34.5 Å². The largest absolute Gasteiger partial charge is 0.281 e. The van der Waals surface area contributed by atoms with E-state index in [0.717, 1.165) is 0 Å². The first-order valence-electron chi connectivity index (χ1n) is 4.75. The van der Waals surface area contributed by atoms with Gasteiger partial charge in [-0.25, -0.2) is 0 Å². The van der Waals surface area contributed by atoms with Gasteiger partial charge in [-0.2, -0.15) is 10.2 Å². The molecule has 0 spiro atoms. The van der Waals surface area contributed by atoms with Gasteiger partial charge in [-0.1, -0.05) is 11.6 Å². The highest BCUT2D eigenvalue weighted by atomic mass is 35.5. The molecule has 0 atom stereocenters. The number of azo groups is 1. The molecule has 0 aromatic heterocycles. The Morgan fingerprint density at radius 1 is 1.31 bits per heavy atom. The van der Waals surface area contributed by atoms with Crippen LogP contribution in [0.25, 0.3) is 0 Å². The van der Waals surface area contributed by atoms with Gasteiger partial charge in [0.25, 0.3) is 0 Å². The topological polar surface area (TPSA) is 41.8 Å². The third-order valence-electron chi connectivity index (χ3n) is 2.01. The van der Waals surface area contributed by atoms with Crippen molar-refractivity contribution in [1.82, 2.24) is 0 Å². The highest BCUT2D eigenvalue weighted by molar-refractivity contribution is 6.64. The summed E-state index contributed by atoms with van der Waals surface area (Å²) in [5.74, 6) is 0. The summed E-state index contributed by atoms with van der Waals surface area (Å²) in [5, 5.41) is 8.15. The van der Waals surface area contributed by atoms with Crippen molar-refractivity contribution in [3.8, 4) is 0 Å². The number of rotatable bonds is 4. The summed E-state index contributed by atoms with van der Waals surface area (Å²) in [5.41, 5.74) is 0.0134. The molecule has 0 radical (unpaired) electrons. The quantitative estimate of drug-likeness (QED) is 0.589. The summed E-state index contributed by atoms with van der Waals surface area (Å²) in [6.45, 7) is 3.71. The fourth-order valence-electron chi connectivity index (χ4n) is 0.864. The molecule has 0 bridgehead atoms. The molecular weight excluding hydrogens is 247 g/mol. The van der Waals surface area contributed by atoms with E-state index < -0.39 is 10.7 Å². The molecule has 0 aliphatic heterocycles. The number of hydrogen-bond acceptors (Lipinski definition) is 3. The average molecular weight is 259 g/mol. The first-order chi connectivity index (χ1) is 7.42.